The van der Waals surface area contributed by atoms with Crippen molar-refractivity contribution < 1.29 is 22.0 Å². The van der Waals surface area contributed by atoms with Gasteiger partial charge in [0.15, 0.2) is 11.6 Å². The molecule has 0 radical (unpaired) electrons. The molecule has 1 aromatic carbocycles. The first kappa shape index (κ1) is 26.9. The first-order chi connectivity index (χ1) is 16.5. The Morgan fingerprint density at radius 1 is 1.26 bits per heavy atom. The Morgan fingerprint density at radius 3 is 2.63 bits per heavy atom. The van der Waals surface area contributed by atoms with Crippen LogP contribution in [0, 0.1) is 11.6 Å². The average Bonchev–Trinajstić information content (AvgIpc) is 2.80. The SMILES string of the molecule is C=CN1C[C@H](c2c(F)ccc(NS(=O)(=O)C3=C(\C)CCC=C/C(Cl)=C\3)c2F)CC/C1=C(/C)C(C)=O. The van der Waals surface area contributed by atoms with Crippen LogP contribution in [-0.4, -0.2) is 25.6 Å². The number of Topliss-reactive ketones (excluding diaryl/α,β-unsaturated/α-hetero) is 1. The van der Waals surface area contributed by atoms with Gasteiger partial charge >= 0.3 is 0 Å². The second-order valence-electron chi connectivity index (χ2n) is 8.74. The van der Waals surface area contributed by atoms with Crippen molar-refractivity contribution in [3.05, 3.63) is 87.1 Å². The monoisotopic (exact) mass is 522 g/mol. The number of hydrogen-bond donors (Lipinski definition) is 1. The van der Waals surface area contributed by atoms with Crippen LogP contribution in [0.5, 0.6) is 0 Å². The molecule has 1 saturated heterocycles. The van der Waals surface area contributed by atoms with Crippen LogP contribution < -0.4 is 4.72 Å². The molecule has 1 aliphatic carbocycles. The van der Waals surface area contributed by atoms with E-state index in [1.54, 1.807) is 24.8 Å². The zero-order valence-corrected chi connectivity index (χ0v) is 21.6. The zero-order chi connectivity index (χ0) is 25.9. The highest BCUT2D eigenvalue weighted by Gasteiger charge is 2.31. The maximum Gasteiger partial charge on any atom is 0.261 e. The first-order valence-corrected chi connectivity index (χ1v) is 13.2. The fourth-order valence-electron chi connectivity index (χ4n) is 4.36. The van der Waals surface area contributed by atoms with Crippen LogP contribution in [0.1, 0.15) is 57.9 Å². The Bertz CT molecular complexity index is 1280. The molecular formula is C26H29ClF2N2O3S. The van der Waals surface area contributed by atoms with E-state index in [-0.39, 0.29) is 33.5 Å². The third kappa shape index (κ3) is 5.93. The molecule has 1 N–H and O–H groups in total. The lowest BCUT2D eigenvalue weighted by molar-refractivity contribution is -0.113. The molecule has 35 heavy (non-hydrogen) atoms. The predicted molar refractivity (Wildman–Crippen MR) is 136 cm³/mol. The summed E-state index contributed by atoms with van der Waals surface area (Å²) < 4.78 is 59.1. The quantitative estimate of drug-likeness (QED) is 0.425. The average molecular weight is 523 g/mol. The van der Waals surface area contributed by atoms with E-state index in [9.17, 15) is 17.6 Å². The van der Waals surface area contributed by atoms with Gasteiger partial charge in [0.25, 0.3) is 10.0 Å². The third-order valence-corrected chi connectivity index (χ3v) is 8.17. The normalized spacial score (nSPS) is 24.2. The Balaban J connectivity index is 1.97. The van der Waals surface area contributed by atoms with Gasteiger partial charge < -0.3 is 4.90 Å². The van der Waals surface area contributed by atoms with Gasteiger partial charge in [0.05, 0.1) is 10.6 Å². The van der Waals surface area contributed by atoms with Gasteiger partial charge in [-0.1, -0.05) is 29.8 Å². The number of piperidine rings is 1. The summed E-state index contributed by atoms with van der Waals surface area (Å²) in [5, 5.41) is 0.237. The number of carbonyl (C=O) groups is 1. The maximum atomic E-state index is 15.6. The van der Waals surface area contributed by atoms with Crippen molar-refractivity contribution in [1.29, 1.82) is 0 Å². The molecule has 0 spiro atoms. The van der Waals surface area contributed by atoms with Crippen molar-refractivity contribution >= 4 is 33.1 Å². The molecule has 3 rings (SSSR count). The summed E-state index contributed by atoms with van der Waals surface area (Å²) in [6.45, 7) is 8.85. The minimum Gasteiger partial charge on any atom is -0.351 e. The molecule has 0 aromatic heterocycles. The molecule has 1 fully saturated rings. The molecule has 1 heterocycles. The number of halogens is 3. The molecule has 2 aliphatic rings. The number of rotatable bonds is 6. The second-order valence-corrected chi connectivity index (χ2v) is 10.8. The summed E-state index contributed by atoms with van der Waals surface area (Å²) in [4.78, 5) is 13.5. The highest BCUT2D eigenvalue weighted by atomic mass is 35.5. The third-order valence-electron chi connectivity index (χ3n) is 6.40. The van der Waals surface area contributed by atoms with Crippen LogP contribution >= 0.6 is 11.6 Å². The molecular weight excluding hydrogens is 494 g/mol. The van der Waals surface area contributed by atoms with Gasteiger partial charge in [0.1, 0.15) is 5.82 Å². The number of nitrogens with zero attached hydrogens (tertiary/aromatic N) is 1. The van der Waals surface area contributed by atoms with E-state index >= 15 is 4.39 Å². The van der Waals surface area contributed by atoms with Crippen molar-refractivity contribution in [2.75, 3.05) is 11.3 Å². The topological polar surface area (TPSA) is 66.5 Å². The number of allylic oxidation sites excluding steroid dienone is 7. The fourth-order valence-corrected chi connectivity index (χ4v) is 6.03. The van der Waals surface area contributed by atoms with E-state index < -0.39 is 27.6 Å². The molecule has 0 saturated carbocycles. The molecule has 1 aliphatic heterocycles. The summed E-state index contributed by atoms with van der Waals surface area (Å²) in [6, 6.07) is 2.14. The lowest BCUT2D eigenvalue weighted by atomic mass is 9.87. The maximum absolute atomic E-state index is 15.6. The lowest BCUT2D eigenvalue weighted by Crippen LogP contribution is -2.31. The number of ketones is 1. The van der Waals surface area contributed by atoms with E-state index in [0.29, 0.717) is 36.8 Å². The van der Waals surface area contributed by atoms with E-state index in [2.05, 4.69) is 11.3 Å². The Kier molecular flexibility index (Phi) is 8.38. The van der Waals surface area contributed by atoms with E-state index in [1.165, 1.54) is 19.2 Å². The van der Waals surface area contributed by atoms with Crippen LogP contribution in [0.4, 0.5) is 14.5 Å². The highest BCUT2D eigenvalue weighted by molar-refractivity contribution is 7.96. The van der Waals surface area contributed by atoms with E-state index in [4.69, 9.17) is 11.6 Å². The summed E-state index contributed by atoms with van der Waals surface area (Å²) in [7, 11) is -4.18. The molecule has 1 atom stereocenters. The van der Waals surface area contributed by atoms with Crippen LogP contribution in [-0.2, 0) is 14.8 Å². The summed E-state index contributed by atoms with van der Waals surface area (Å²) >= 11 is 6.11. The fraction of sp³-hybridized carbons (Fsp3) is 0.346. The van der Waals surface area contributed by atoms with Gasteiger partial charge in [-0.15, -0.1) is 0 Å². The summed E-state index contributed by atoms with van der Waals surface area (Å²) in [5.74, 6) is -2.37. The second kappa shape index (κ2) is 10.9. The number of carbonyl (C=O) groups excluding carboxylic acids is 1. The van der Waals surface area contributed by atoms with Crippen LogP contribution in [0.3, 0.4) is 0 Å². The summed E-state index contributed by atoms with van der Waals surface area (Å²) in [6.07, 6.45) is 8.26. The van der Waals surface area contributed by atoms with Crippen molar-refractivity contribution in [3.8, 4) is 0 Å². The van der Waals surface area contributed by atoms with Gasteiger partial charge in [0.2, 0.25) is 0 Å². The van der Waals surface area contributed by atoms with Gasteiger partial charge in [-0.2, -0.15) is 0 Å². The number of hydrogen-bond acceptors (Lipinski definition) is 4. The molecule has 0 bridgehead atoms. The molecule has 0 unspecified atom stereocenters. The van der Waals surface area contributed by atoms with Crippen molar-refractivity contribution in [2.45, 2.75) is 52.4 Å². The predicted octanol–water partition coefficient (Wildman–Crippen LogP) is 6.64. The van der Waals surface area contributed by atoms with E-state index in [0.717, 1.165) is 17.8 Å². The van der Waals surface area contributed by atoms with Crippen LogP contribution in [0.25, 0.3) is 0 Å². The van der Waals surface area contributed by atoms with Gasteiger partial charge in [0, 0.05) is 34.3 Å². The van der Waals surface area contributed by atoms with Crippen LogP contribution in [0.15, 0.2) is 69.9 Å². The first-order valence-electron chi connectivity index (χ1n) is 11.3. The largest absolute Gasteiger partial charge is 0.351 e. The molecule has 0 amide bonds. The Hall–Kier alpha value is -2.71. The Labute approximate surface area is 210 Å². The van der Waals surface area contributed by atoms with Gasteiger partial charge in [-0.05, 0) is 76.9 Å². The molecule has 1 aromatic rings. The molecule has 9 heteroatoms. The number of anilines is 1. The van der Waals surface area contributed by atoms with Gasteiger partial charge in [-0.25, -0.2) is 17.2 Å². The van der Waals surface area contributed by atoms with Crippen molar-refractivity contribution in [2.24, 2.45) is 0 Å². The summed E-state index contributed by atoms with van der Waals surface area (Å²) in [5.41, 5.74) is 1.39. The number of likely N-dealkylation sites (tertiary alicyclic amines) is 1. The lowest BCUT2D eigenvalue weighted by Gasteiger charge is -2.35. The number of nitrogens with one attached hydrogen (secondary N) is 1. The smallest absolute Gasteiger partial charge is 0.261 e. The van der Waals surface area contributed by atoms with Gasteiger partial charge in [-0.3, -0.25) is 9.52 Å². The molecule has 5 nitrogen and oxygen atoms in total. The standard InChI is InChI=1S/C26H29ClF2N2O3S/c1-5-31-15-19(10-13-23(31)17(3)18(4)32)25-21(28)11-12-22(26(25)29)30-35(33,34)24-14-20(27)9-7-6-8-16(24)2/h5,7,9,11-12,14,19,30H,1,6,8,10,13,15H2,2-4H3/b9-7?,20-14+,23-17+,24-16+/t19-/m1/s1. The van der Waals surface area contributed by atoms with Crippen LogP contribution in [0.2, 0.25) is 0 Å². The highest BCUT2D eigenvalue weighted by Crippen LogP contribution is 2.38. The van der Waals surface area contributed by atoms with E-state index in [1.807, 2.05) is 6.08 Å². The minimum atomic E-state index is -4.18. The minimum absolute atomic E-state index is 0.0397. The Morgan fingerprint density at radius 2 is 1.97 bits per heavy atom. The number of benzene rings is 1. The van der Waals surface area contributed by atoms with Crippen molar-refractivity contribution in [3.63, 3.8) is 0 Å². The number of sulfonamides is 1. The van der Waals surface area contributed by atoms with Crippen molar-refractivity contribution in [1.82, 2.24) is 4.90 Å². The molecule has 188 valence electrons. The zero-order valence-electron chi connectivity index (χ0n) is 20.0.